The molecule has 0 amide bonds. The van der Waals surface area contributed by atoms with E-state index >= 15 is 0 Å². The van der Waals surface area contributed by atoms with Crippen LogP contribution in [0.25, 0.3) is 16.8 Å². The lowest BCUT2D eigenvalue weighted by molar-refractivity contribution is 0.0506. The van der Waals surface area contributed by atoms with Crippen LogP contribution in [-0.2, 0) is 4.74 Å². The molecule has 1 aliphatic carbocycles. The van der Waals surface area contributed by atoms with Gasteiger partial charge >= 0.3 is 6.55 Å². The molecular weight excluding hydrogens is 447 g/mol. The van der Waals surface area contributed by atoms with Crippen LogP contribution in [0.5, 0.6) is 0 Å². The quantitative estimate of drug-likeness (QED) is 0.466. The van der Waals surface area contributed by atoms with E-state index in [-0.39, 0.29) is 12.2 Å². The number of halogens is 5. The molecule has 1 N–H and O–H groups in total. The second kappa shape index (κ2) is 9.43. The Morgan fingerprint density at radius 2 is 1.97 bits per heavy atom. The second-order valence-corrected chi connectivity index (χ2v) is 7.19. The standard InChI is InChI=1S/C21H19F5N6O/c1-12(15-7-14(22)3-2-4-17(15)33-11-18(23)24)29-19-5-6-31-20(30-19)16(9-28-31)13-8-27-32(10-13)21(25)26/h3-10,12,18,21H,2,11H2,1H3,(H,29,30). The SMILES string of the molecule is CC(Nc1ccn2ncc(-c3cnn(C(F)F)c3)c2n1)C1=CC(F)=CCC=C1OCC(F)F. The molecule has 0 spiro atoms. The van der Waals surface area contributed by atoms with Crippen molar-refractivity contribution < 1.29 is 26.7 Å². The second-order valence-electron chi connectivity index (χ2n) is 7.19. The minimum atomic E-state index is -2.77. The summed E-state index contributed by atoms with van der Waals surface area (Å²) in [7, 11) is 0. The number of nitrogens with zero attached hydrogens (tertiary/aromatic N) is 5. The number of aromatic nitrogens is 5. The third-order valence-electron chi connectivity index (χ3n) is 4.87. The summed E-state index contributed by atoms with van der Waals surface area (Å²) in [6, 6.07) is 1.06. The van der Waals surface area contributed by atoms with Crippen LogP contribution in [0.1, 0.15) is 19.9 Å². The minimum absolute atomic E-state index is 0.157. The average molecular weight is 466 g/mol. The molecule has 1 unspecified atom stereocenters. The Morgan fingerprint density at radius 3 is 2.70 bits per heavy atom. The van der Waals surface area contributed by atoms with Gasteiger partial charge in [0.2, 0.25) is 0 Å². The van der Waals surface area contributed by atoms with E-state index in [4.69, 9.17) is 4.74 Å². The van der Waals surface area contributed by atoms with E-state index < -0.39 is 31.5 Å². The van der Waals surface area contributed by atoms with Gasteiger partial charge in [0.05, 0.1) is 18.4 Å². The zero-order valence-electron chi connectivity index (χ0n) is 17.3. The number of hydrogen-bond donors (Lipinski definition) is 1. The molecule has 3 aromatic heterocycles. The average Bonchev–Trinajstić information content (AvgIpc) is 3.36. The van der Waals surface area contributed by atoms with E-state index in [0.29, 0.717) is 32.8 Å². The van der Waals surface area contributed by atoms with E-state index in [1.54, 1.807) is 19.2 Å². The monoisotopic (exact) mass is 466 g/mol. The maximum Gasteiger partial charge on any atom is 0.333 e. The Balaban J connectivity index is 1.60. The summed E-state index contributed by atoms with van der Waals surface area (Å²) in [4.78, 5) is 4.49. The Bertz CT molecular complexity index is 1230. The maximum absolute atomic E-state index is 14.1. The molecule has 3 aromatic rings. The van der Waals surface area contributed by atoms with Gasteiger partial charge in [0.25, 0.3) is 6.43 Å². The molecular formula is C21H19F5N6O. The highest BCUT2D eigenvalue weighted by Gasteiger charge is 2.20. The fourth-order valence-electron chi connectivity index (χ4n) is 3.34. The molecule has 0 saturated carbocycles. The van der Waals surface area contributed by atoms with Gasteiger partial charge in [-0.15, -0.1) is 0 Å². The molecule has 0 bridgehead atoms. The summed E-state index contributed by atoms with van der Waals surface area (Å²) in [5.41, 5.74) is 1.62. The molecule has 7 nitrogen and oxygen atoms in total. The first-order valence-electron chi connectivity index (χ1n) is 9.94. The lowest BCUT2D eigenvalue weighted by Crippen LogP contribution is -2.22. The van der Waals surface area contributed by atoms with Gasteiger partial charge in [-0.1, -0.05) is 0 Å². The number of ether oxygens (including phenoxy) is 1. The fourth-order valence-corrected chi connectivity index (χ4v) is 3.34. The number of alkyl halides is 4. The van der Waals surface area contributed by atoms with E-state index in [1.807, 2.05) is 0 Å². The van der Waals surface area contributed by atoms with Gasteiger partial charge in [-0.25, -0.2) is 27.4 Å². The third kappa shape index (κ3) is 5.04. The Hall–Kier alpha value is -3.70. The Labute approximate surface area is 184 Å². The van der Waals surface area contributed by atoms with Crippen molar-refractivity contribution in [3.05, 3.63) is 66.2 Å². The molecule has 33 heavy (non-hydrogen) atoms. The van der Waals surface area contributed by atoms with Crippen LogP contribution in [0, 0.1) is 0 Å². The maximum atomic E-state index is 14.1. The molecule has 0 saturated heterocycles. The highest BCUT2D eigenvalue weighted by Crippen LogP contribution is 2.28. The first-order valence-corrected chi connectivity index (χ1v) is 9.94. The van der Waals surface area contributed by atoms with Gasteiger partial charge in [-0.05, 0) is 37.6 Å². The van der Waals surface area contributed by atoms with E-state index in [0.717, 1.165) is 0 Å². The molecule has 0 aliphatic heterocycles. The van der Waals surface area contributed by atoms with Crippen molar-refractivity contribution in [2.24, 2.45) is 0 Å². The van der Waals surface area contributed by atoms with Gasteiger partial charge in [0.1, 0.15) is 24.0 Å². The molecule has 1 aliphatic rings. The first-order chi connectivity index (χ1) is 15.8. The van der Waals surface area contributed by atoms with Crippen molar-refractivity contribution in [1.82, 2.24) is 24.4 Å². The normalized spacial score (nSPS) is 15.3. The summed E-state index contributed by atoms with van der Waals surface area (Å²) >= 11 is 0. The topological polar surface area (TPSA) is 69.3 Å². The van der Waals surface area contributed by atoms with Crippen molar-refractivity contribution in [3.8, 4) is 11.1 Å². The number of fused-ring (bicyclic) bond motifs is 1. The molecule has 174 valence electrons. The summed E-state index contributed by atoms with van der Waals surface area (Å²) in [6.07, 6.45) is 7.18. The van der Waals surface area contributed by atoms with Crippen LogP contribution in [0.2, 0.25) is 0 Å². The van der Waals surface area contributed by atoms with Gasteiger partial charge in [0, 0.05) is 29.1 Å². The molecule has 0 fully saturated rings. The molecule has 1 atom stereocenters. The highest BCUT2D eigenvalue weighted by atomic mass is 19.3. The van der Waals surface area contributed by atoms with E-state index in [2.05, 4.69) is 20.5 Å². The zero-order chi connectivity index (χ0) is 23.5. The predicted octanol–water partition coefficient (Wildman–Crippen LogP) is 5.14. The number of anilines is 1. The molecule has 12 heteroatoms. The van der Waals surface area contributed by atoms with Crippen LogP contribution in [-0.4, -0.2) is 43.5 Å². The number of hydrogen-bond acceptors (Lipinski definition) is 5. The van der Waals surface area contributed by atoms with Crippen LogP contribution < -0.4 is 5.32 Å². The summed E-state index contributed by atoms with van der Waals surface area (Å²) in [5, 5.41) is 10.9. The molecule has 0 radical (unpaired) electrons. The summed E-state index contributed by atoms with van der Waals surface area (Å²) in [5.74, 6) is 0.0218. The van der Waals surface area contributed by atoms with Crippen molar-refractivity contribution in [3.63, 3.8) is 0 Å². The van der Waals surface area contributed by atoms with E-state index in [9.17, 15) is 22.0 Å². The lowest BCUT2D eigenvalue weighted by atomic mass is 10.1. The number of nitrogens with one attached hydrogen (secondary N) is 1. The van der Waals surface area contributed by atoms with Crippen LogP contribution in [0.4, 0.5) is 27.8 Å². The Kier molecular flexibility index (Phi) is 6.43. The number of rotatable bonds is 8. The third-order valence-corrected chi connectivity index (χ3v) is 4.87. The zero-order valence-corrected chi connectivity index (χ0v) is 17.3. The molecule has 3 heterocycles. The van der Waals surface area contributed by atoms with Crippen molar-refractivity contribution in [2.75, 3.05) is 11.9 Å². The van der Waals surface area contributed by atoms with Gasteiger partial charge in [-0.3, -0.25) is 0 Å². The van der Waals surface area contributed by atoms with Crippen molar-refractivity contribution in [2.45, 2.75) is 32.4 Å². The van der Waals surface area contributed by atoms with Crippen LogP contribution in [0.15, 0.2) is 66.2 Å². The van der Waals surface area contributed by atoms with Gasteiger partial charge in [0.15, 0.2) is 5.65 Å². The van der Waals surface area contributed by atoms with Crippen molar-refractivity contribution >= 4 is 11.5 Å². The molecule has 4 rings (SSSR count). The largest absolute Gasteiger partial charge is 0.488 e. The Morgan fingerprint density at radius 1 is 1.15 bits per heavy atom. The lowest BCUT2D eigenvalue weighted by Gasteiger charge is -2.21. The van der Waals surface area contributed by atoms with Gasteiger partial charge < -0.3 is 10.1 Å². The van der Waals surface area contributed by atoms with Crippen molar-refractivity contribution in [1.29, 1.82) is 0 Å². The van der Waals surface area contributed by atoms with E-state index in [1.165, 1.54) is 41.3 Å². The smallest absolute Gasteiger partial charge is 0.333 e. The predicted molar refractivity (Wildman–Crippen MR) is 110 cm³/mol. The summed E-state index contributed by atoms with van der Waals surface area (Å²) in [6.45, 7) is -1.88. The van der Waals surface area contributed by atoms with Crippen LogP contribution >= 0.6 is 0 Å². The highest BCUT2D eigenvalue weighted by molar-refractivity contribution is 5.76. The number of allylic oxidation sites excluding steroid dienone is 4. The molecule has 0 aromatic carbocycles. The first kappa shape index (κ1) is 22.5. The van der Waals surface area contributed by atoms with Crippen LogP contribution in [0.3, 0.4) is 0 Å². The minimum Gasteiger partial charge on any atom is -0.488 e. The summed E-state index contributed by atoms with van der Waals surface area (Å²) < 4.78 is 72.3. The fraction of sp³-hybridized carbons (Fsp3) is 0.286. The van der Waals surface area contributed by atoms with Gasteiger partial charge in [-0.2, -0.15) is 19.0 Å².